The predicted molar refractivity (Wildman–Crippen MR) is 117 cm³/mol. The highest BCUT2D eigenvalue weighted by Gasteiger charge is 2.37. The number of carbonyl (C=O) groups excluding carboxylic acids is 2. The first-order valence-corrected chi connectivity index (χ1v) is 11.2. The van der Waals surface area contributed by atoms with Gasteiger partial charge in [0, 0.05) is 26.0 Å². The lowest BCUT2D eigenvalue weighted by atomic mass is 10.00. The third kappa shape index (κ3) is 4.63. The number of nitrogens with zero attached hydrogens (tertiary/aromatic N) is 3. The number of hydrogen-bond donors (Lipinski definition) is 0. The van der Waals surface area contributed by atoms with E-state index in [1.54, 1.807) is 28.4 Å². The molecule has 0 spiro atoms. The van der Waals surface area contributed by atoms with Gasteiger partial charge in [0.15, 0.2) is 0 Å². The average molecular weight is 426 g/mol. The first kappa shape index (κ1) is 20.8. The Bertz CT molecular complexity index is 920. The Kier molecular flexibility index (Phi) is 6.29. The monoisotopic (exact) mass is 425 g/mol. The van der Waals surface area contributed by atoms with E-state index in [-0.39, 0.29) is 30.3 Å². The van der Waals surface area contributed by atoms with Crippen LogP contribution in [0.5, 0.6) is 0 Å². The van der Waals surface area contributed by atoms with Crippen molar-refractivity contribution in [2.24, 2.45) is 11.0 Å². The van der Waals surface area contributed by atoms with Crippen molar-refractivity contribution in [1.82, 2.24) is 9.91 Å². The van der Waals surface area contributed by atoms with Gasteiger partial charge in [-0.15, -0.1) is 11.3 Å². The molecule has 1 aromatic carbocycles. The minimum atomic E-state index is -0.157. The Morgan fingerprint density at radius 3 is 2.63 bits per heavy atom. The zero-order valence-corrected chi connectivity index (χ0v) is 18.2. The Morgan fingerprint density at radius 1 is 1.23 bits per heavy atom. The van der Waals surface area contributed by atoms with E-state index in [9.17, 15) is 9.59 Å². The minimum absolute atomic E-state index is 0.0300. The smallest absolute Gasteiger partial charge is 0.262 e. The molecule has 1 fully saturated rings. The molecule has 4 rings (SSSR count). The standard InChI is InChI=1S/C23H27N3O3S/c1-16-5-7-17(8-6-16)20-14-19(21-4-3-13-30-21)24-26(20)22(27)15-25(11-12-29-2)23(28)18-9-10-18/h3-8,13,18,20H,9-12,14-15H2,1-2H3. The molecule has 1 unspecified atom stereocenters. The summed E-state index contributed by atoms with van der Waals surface area (Å²) < 4.78 is 5.15. The predicted octanol–water partition coefficient (Wildman–Crippen LogP) is 3.62. The van der Waals surface area contributed by atoms with E-state index in [1.165, 1.54) is 5.56 Å². The Labute approximate surface area is 181 Å². The summed E-state index contributed by atoms with van der Waals surface area (Å²) in [6, 6.07) is 12.1. The van der Waals surface area contributed by atoms with Gasteiger partial charge in [0.25, 0.3) is 5.91 Å². The number of thiophene rings is 1. The van der Waals surface area contributed by atoms with E-state index in [1.807, 2.05) is 24.4 Å². The van der Waals surface area contributed by atoms with E-state index in [2.05, 4.69) is 24.3 Å². The van der Waals surface area contributed by atoms with Crippen molar-refractivity contribution in [3.05, 3.63) is 57.8 Å². The van der Waals surface area contributed by atoms with Crippen LogP contribution in [0, 0.1) is 12.8 Å². The van der Waals surface area contributed by atoms with E-state index < -0.39 is 0 Å². The molecule has 1 atom stereocenters. The normalized spacial score (nSPS) is 18.4. The molecule has 0 bridgehead atoms. The maximum Gasteiger partial charge on any atom is 0.262 e. The number of benzene rings is 1. The number of methoxy groups -OCH3 is 1. The molecular formula is C23H27N3O3S. The lowest BCUT2D eigenvalue weighted by Crippen LogP contribution is -2.43. The molecular weight excluding hydrogens is 398 g/mol. The summed E-state index contributed by atoms with van der Waals surface area (Å²) in [5.74, 6) is -0.0440. The average Bonchev–Trinajstić information content (AvgIpc) is 3.26. The van der Waals surface area contributed by atoms with E-state index in [4.69, 9.17) is 9.84 Å². The van der Waals surface area contributed by atoms with Gasteiger partial charge < -0.3 is 9.64 Å². The van der Waals surface area contributed by atoms with Crippen LogP contribution < -0.4 is 0 Å². The molecule has 2 heterocycles. The molecule has 1 saturated carbocycles. The molecule has 158 valence electrons. The molecule has 1 aliphatic heterocycles. The molecule has 2 amide bonds. The Hall–Kier alpha value is -2.51. The first-order chi connectivity index (χ1) is 14.6. The van der Waals surface area contributed by atoms with Crippen molar-refractivity contribution >= 4 is 28.9 Å². The number of hydrazone groups is 1. The van der Waals surface area contributed by atoms with Crippen molar-refractivity contribution in [3.63, 3.8) is 0 Å². The van der Waals surface area contributed by atoms with E-state index in [0.717, 1.165) is 29.0 Å². The van der Waals surface area contributed by atoms with E-state index >= 15 is 0 Å². The highest BCUT2D eigenvalue weighted by Crippen LogP contribution is 2.35. The Morgan fingerprint density at radius 2 is 2.00 bits per heavy atom. The fourth-order valence-electron chi connectivity index (χ4n) is 3.67. The first-order valence-electron chi connectivity index (χ1n) is 10.3. The number of carbonyl (C=O) groups is 2. The van der Waals surface area contributed by atoms with Crippen molar-refractivity contribution in [1.29, 1.82) is 0 Å². The molecule has 2 aliphatic rings. The summed E-state index contributed by atoms with van der Waals surface area (Å²) in [7, 11) is 1.60. The summed E-state index contributed by atoms with van der Waals surface area (Å²) in [4.78, 5) is 28.7. The fourth-order valence-corrected chi connectivity index (χ4v) is 4.39. The number of aryl methyl sites for hydroxylation is 1. The maximum atomic E-state index is 13.3. The SMILES string of the molecule is COCCN(CC(=O)N1N=C(c2cccs2)CC1c1ccc(C)cc1)C(=O)C1CC1. The van der Waals surface area contributed by atoms with Gasteiger partial charge in [-0.3, -0.25) is 9.59 Å². The number of amides is 2. The lowest BCUT2D eigenvalue weighted by molar-refractivity contribution is -0.142. The van der Waals surface area contributed by atoms with Gasteiger partial charge in [-0.25, -0.2) is 5.01 Å². The molecule has 1 aromatic heterocycles. The maximum absolute atomic E-state index is 13.3. The summed E-state index contributed by atoms with van der Waals surface area (Å²) in [5.41, 5.74) is 3.15. The van der Waals surface area contributed by atoms with Crippen LogP contribution in [0.3, 0.4) is 0 Å². The highest BCUT2D eigenvalue weighted by molar-refractivity contribution is 7.12. The van der Waals surface area contributed by atoms with Gasteiger partial charge in [-0.05, 0) is 36.8 Å². The van der Waals surface area contributed by atoms with Gasteiger partial charge >= 0.3 is 0 Å². The van der Waals surface area contributed by atoms with Crippen molar-refractivity contribution in [2.75, 3.05) is 26.8 Å². The second-order valence-electron chi connectivity index (χ2n) is 7.92. The largest absolute Gasteiger partial charge is 0.383 e. The molecule has 2 aromatic rings. The van der Waals surface area contributed by atoms with Crippen molar-refractivity contribution in [3.8, 4) is 0 Å². The summed E-state index contributed by atoms with van der Waals surface area (Å²) in [6.45, 7) is 2.91. The van der Waals surface area contributed by atoms with Crippen molar-refractivity contribution < 1.29 is 14.3 Å². The van der Waals surface area contributed by atoms with Gasteiger partial charge in [0.2, 0.25) is 5.91 Å². The summed E-state index contributed by atoms with van der Waals surface area (Å²) in [6.07, 6.45) is 2.49. The van der Waals surface area contributed by atoms with Crippen LogP contribution in [-0.2, 0) is 14.3 Å². The number of hydrogen-bond acceptors (Lipinski definition) is 5. The lowest BCUT2D eigenvalue weighted by Gasteiger charge is -2.27. The fraction of sp³-hybridized carbons (Fsp3) is 0.435. The highest BCUT2D eigenvalue weighted by atomic mass is 32.1. The molecule has 1 aliphatic carbocycles. The summed E-state index contributed by atoms with van der Waals surface area (Å²) in [5, 5.41) is 8.31. The van der Waals surface area contributed by atoms with Gasteiger partial charge in [0.1, 0.15) is 6.54 Å². The zero-order chi connectivity index (χ0) is 21.1. The Balaban J connectivity index is 1.57. The van der Waals surface area contributed by atoms with Crippen LogP contribution in [-0.4, -0.2) is 54.2 Å². The molecule has 7 heteroatoms. The van der Waals surface area contributed by atoms with Crippen LogP contribution in [0.15, 0.2) is 46.9 Å². The van der Waals surface area contributed by atoms with Crippen LogP contribution in [0.1, 0.15) is 41.3 Å². The van der Waals surface area contributed by atoms with Crippen molar-refractivity contribution in [2.45, 2.75) is 32.2 Å². The minimum Gasteiger partial charge on any atom is -0.383 e. The third-order valence-electron chi connectivity index (χ3n) is 5.56. The van der Waals surface area contributed by atoms with Crippen LogP contribution in [0.2, 0.25) is 0 Å². The zero-order valence-electron chi connectivity index (χ0n) is 17.4. The topological polar surface area (TPSA) is 62.2 Å². The number of ether oxygens (including phenoxy) is 1. The second-order valence-corrected chi connectivity index (χ2v) is 8.87. The second kappa shape index (κ2) is 9.10. The molecule has 0 N–H and O–H groups in total. The van der Waals surface area contributed by atoms with Gasteiger partial charge in [0.05, 0.1) is 23.2 Å². The van der Waals surface area contributed by atoms with Crippen LogP contribution >= 0.6 is 11.3 Å². The molecule has 6 nitrogen and oxygen atoms in total. The molecule has 30 heavy (non-hydrogen) atoms. The quantitative estimate of drug-likeness (QED) is 0.649. The third-order valence-corrected chi connectivity index (χ3v) is 6.48. The van der Waals surface area contributed by atoms with E-state index in [0.29, 0.717) is 19.6 Å². The summed E-state index contributed by atoms with van der Waals surface area (Å²) >= 11 is 1.63. The van der Waals surface area contributed by atoms with Gasteiger partial charge in [-0.2, -0.15) is 5.10 Å². The van der Waals surface area contributed by atoms with Crippen LogP contribution in [0.4, 0.5) is 0 Å². The molecule has 0 radical (unpaired) electrons. The van der Waals surface area contributed by atoms with Gasteiger partial charge in [-0.1, -0.05) is 35.9 Å². The number of rotatable bonds is 8. The molecule has 0 saturated heterocycles. The van der Waals surface area contributed by atoms with Crippen LogP contribution in [0.25, 0.3) is 0 Å².